The van der Waals surface area contributed by atoms with Crippen molar-refractivity contribution in [2.45, 2.75) is 69.4 Å². The lowest BCUT2D eigenvalue weighted by atomic mass is 9.83. The van der Waals surface area contributed by atoms with Crippen LogP contribution in [0.2, 0.25) is 0 Å². The number of hydrogen-bond acceptors (Lipinski definition) is 8. The Morgan fingerprint density at radius 3 is 2.23 bits per heavy atom. The first kappa shape index (κ1) is 17.3. The zero-order valence-electron chi connectivity index (χ0n) is 12.4. The lowest BCUT2D eigenvalue weighted by Crippen LogP contribution is -2.67. The van der Waals surface area contributed by atoms with E-state index in [-0.39, 0.29) is 6.54 Å². The van der Waals surface area contributed by atoms with Crippen LogP contribution in [0.1, 0.15) is 25.5 Å². The first-order valence-corrected chi connectivity index (χ1v) is 7.48. The predicted octanol–water partition coefficient (Wildman–Crippen LogP) is -2.65. The summed E-state index contributed by atoms with van der Waals surface area (Å²) in [5.41, 5.74) is 0.616. The molecule has 0 aliphatic heterocycles. The van der Waals surface area contributed by atoms with Crippen LogP contribution >= 0.6 is 0 Å². The van der Waals surface area contributed by atoms with Crippen LogP contribution in [0.5, 0.6) is 0 Å². The van der Waals surface area contributed by atoms with Gasteiger partial charge in [-0.05, 0) is 6.42 Å². The zero-order valence-corrected chi connectivity index (χ0v) is 12.4. The van der Waals surface area contributed by atoms with Gasteiger partial charge in [-0.15, -0.1) is 5.10 Å². The Morgan fingerprint density at radius 2 is 1.64 bits per heavy atom. The number of rotatable bonds is 6. The van der Waals surface area contributed by atoms with Crippen LogP contribution in [0.3, 0.4) is 0 Å². The van der Waals surface area contributed by atoms with Gasteiger partial charge in [0.2, 0.25) is 0 Å². The molecule has 126 valence electrons. The molecule has 4 unspecified atom stereocenters. The van der Waals surface area contributed by atoms with Crippen molar-refractivity contribution >= 4 is 0 Å². The fourth-order valence-corrected chi connectivity index (χ4v) is 2.55. The van der Waals surface area contributed by atoms with Gasteiger partial charge in [0.25, 0.3) is 0 Å². The standard InChI is InChI=1S/C13H24N4O5/c1-2-3-4-17-6-7(15-16-17)5-14-8-9(18)11(20)13(22)12(21)10(8)19/h6,8-14,18-22H,2-5H2,1H3. The summed E-state index contributed by atoms with van der Waals surface area (Å²) in [4.78, 5) is 0. The highest BCUT2D eigenvalue weighted by Crippen LogP contribution is 2.21. The first-order valence-electron chi connectivity index (χ1n) is 7.48. The van der Waals surface area contributed by atoms with Crippen LogP contribution in [0, 0.1) is 0 Å². The molecular weight excluding hydrogens is 292 g/mol. The van der Waals surface area contributed by atoms with E-state index in [1.807, 2.05) is 0 Å². The highest BCUT2D eigenvalue weighted by Gasteiger charge is 2.47. The number of unbranched alkanes of at least 4 members (excludes halogenated alkanes) is 1. The van der Waals surface area contributed by atoms with E-state index in [0.717, 1.165) is 19.4 Å². The summed E-state index contributed by atoms with van der Waals surface area (Å²) in [6.45, 7) is 3.05. The average Bonchev–Trinajstić information content (AvgIpc) is 2.97. The number of aliphatic hydroxyl groups is 5. The summed E-state index contributed by atoms with van der Waals surface area (Å²) in [6, 6.07) is -0.978. The molecule has 1 fully saturated rings. The highest BCUT2D eigenvalue weighted by molar-refractivity contribution is 5.03. The molecule has 0 bridgehead atoms. The molecule has 22 heavy (non-hydrogen) atoms. The Balaban J connectivity index is 1.93. The summed E-state index contributed by atoms with van der Waals surface area (Å²) in [7, 11) is 0. The lowest BCUT2D eigenvalue weighted by molar-refractivity contribution is -0.190. The summed E-state index contributed by atoms with van der Waals surface area (Å²) >= 11 is 0. The van der Waals surface area contributed by atoms with Gasteiger partial charge in [-0.1, -0.05) is 18.6 Å². The largest absolute Gasteiger partial charge is 0.389 e. The number of aromatic nitrogens is 3. The maximum atomic E-state index is 9.91. The topological polar surface area (TPSA) is 144 Å². The van der Waals surface area contributed by atoms with Gasteiger partial charge in [0.1, 0.15) is 30.5 Å². The summed E-state index contributed by atoms with van der Waals surface area (Å²) in [6.07, 6.45) is -3.65. The van der Waals surface area contributed by atoms with Gasteiger partial charge in [0, 0.05) is 19.3 Å². The van der Waals surface area contributed by atoms with E-state index in [4.69, 9.17) is 0 Å². The van der Waals surface area contributed by atoms with Crippen molar-refractivity contribution in [1.29, 1.82) is 0 Å². The van der Waals surface area contributed by atoms with Gasteiger partial charge in [-0.3, -0.25) is 4.68 Å². The molecule has 1 saturated carbocycles. The molecule has 1 heterocycles. The summed E-state index contributed by atoms with van der Waals surface area (Å²) in [5, 5.41) is 59.4. The third-order valence-electron chi connectivity index (χ3n) is 3.98. The maximum Gasteiger partial charge on any atom is 0.111 e. The highest BCUT2D eigenvalue weighted by atomic mass is 16.4. The number of nitrogens with zero attached hydrogens (tertiary/aromatic N) is 3. The van der Waals surface area contributed by atoms with Crippen LogP contribution < -0.4 is 5.32 Å². The van der Waals surface area contributed by atoms with Crippen molar-refractivity contribution in [3.63, 3.8) is 0 Å². The SMILES string of the molecule is CCCCn1cc(CNC2C(O)C(O)C(O)C(O)C2O)nn1. The average molecular weight is 316 g/mol. The molecule has 4 atom stereocenters. The van der Waals surface area contributed by atoms with Crippen LogP contribution in [-0.2, 0) is 13.1 Å². The first-order chi connectivity index (χ1) is 10.5. The fraction of sp³-hybridized carbons (Fsp3) is 0.846. The molecule has 0 spiro atoms. The van der Waals surface area contributed by atoms with Gasteiger partial charge in [-0.25, -0.2) is 0 Å². The van der Waals surface area contributed by atoms with Gasteiger partial charge in [0.05, 0.1) is 11.7 Å². The van der Waals surface area contributed by atoms with Crippen molar-refractivity contribution in [1.82, 2.24) is 20.3 Å². The number of hydrogen-bond donors (Lipinski definition) is 6. The molecule has 0 aromatic carbocycles. The van der Waals surface area contributed by atoms with E-state index in [2.05, 4.69) is 22.6 Å². The fourth-order valence-electron chi connectivity index (χ4n) is 2.55. The van der Waals surface area contributed by atoms with E-state index in [9.17, 15) is 25.5 Å². The minimum Gasteiger partial charge on any atom is -0.389 e. The summed E-state index contributed by atoms with van der Waals surface area (Å²) in [5.74, 6) is 0. The second-order valence-electron chi connectivity index (χ2n) is 5.69. The Labute approximate surface area is 128 Å². The maximum absolute atomic E-state index is 9.91. The van der Waals surface area contributed by atoms with Gasteiger partial charge >= 0.3 is 0 Å². The van der Waals surface area contributed by atoms with Gasteiger partial charge in [-0.2, -0.15) is 0 Å². The van der Waals surface area contributed by atoms with Crippen molar-refractivity contribution in [2.75, 3.05) is 0 Å². The molecule has 9 nitrogen and oxygen atoms in total. The van der Waals surface area contributed by atoms with Crippen molar-refractivity contribution < 1.29 is 25.5 Å². The summed E-state index contributed by atoms with van der Waals surface area (Å²) < 4.78 is 1.71. The second-order valence-corrected chi connectivity index (χ2v) is 5.69. The zero-order chi connectivity index (χ0) is 16.3. The Morgan fingerprint density at radius 1 is 1.05 bits per heavy atom. The third kappa shape index (κ3) is 3.62. The minimum absolute atomic E-state index is 0.209. The van der Waals surface area contributed by atoms with E-state index in [0.29, 0.717) is 5.69 Å². The molecule has 6 N–H and O–H groups in total. The van der Waals surface area contributed by atoms with Crippen LogP contribution in [0.15, 0.2) is 6.20 Å². The van der Waals surface area contributed by atoms with E-state index in [1.54, 1.807) is 10.9 Å². The number of aliphatic hydroxyl groups excluding tert-OH is 5. The molecule has 0 radical (unpaired) electrons. The third-order valence-corrected chi connectivity index (χ3v) is 3.98. The molecule has 1 aromatic rings. The van der Waals surface area contributed by atoms with Gasteiger partial charge in [0.15, 0.2) is 0 Å². The molecular formula is C13H24N4O5. The molecule has 9 heteroatoms. The second kappa shape index (κ2) is 7.44. The molecule has 0 amide bonds. The van der Waals surface area contributed by atoms with Crippen molar-refractivity contribution in [2.24, 2.45) is 0 Å². The van der Waals surface area contributed by atoms with E-state index >= 15 is 0 Å². The minimum atomic E-state index is -1.59. The Kier molecular flexibility index (Phi) is 5.84. The van der Waals surface area contributed by atoms with Crippen LogP contribution in [0.4, 0.5) is 0 Å². The monoisotopic (exact) mass is 316 g/mol. The molecule has 1 aliphatic carbocycles. The molecule has 0 saturated heterocycles. The predicted molar refractivity (Wildman–Crippen MR) is 75.6 cm³/mol. The normalized spacial score (nSPS) is 35.7. The number of aryl methyl sites for hydroxylation is 1. The smallest absolute Gasteiger partial charge is 0.111 e. The molecule has 1 aliphatic rings. The lowest BCUT2D eigenvalue weighted by Gasteiger charge is -2.42. The van der Waals surface area contributed by atoms with Crippen molar-refractivity contribution in [3.05, 3.63) is 11.9 Å². The number of nitrogens with one attached hydrogen (secondary N) is 1. The van der Waals surface area contributed by atoms with Crippen LogP contribution in [0.25, 0.3) is 0 Å². The van der Waals surface area contributed by atoms with E-state index in [1.165, 1.54) is 0 Å². The van der Waals surface area contributed by atoms with Crippen LogP contribution in [-0.4, -0.2) is 77.1 Å². The van der Waals surface area contributed by atoms with E-state index < -0.39 is 36.6 Å². The quantitative estimate of drug-likeness (QED) is 0.334. The molecule has 2 rings (SSSR count). The molecule has 1 aromatic heterocycles. The Hall–Kier alpha value is -1.10. The Bertz CT molecular complexity index is 455. The van der Waals surface area contributed by atoms with Gasteiger partial charge < -0.3 is 30.8 Å². The van der Waals surface area contributed by atoms with Crippen molar-refractivity contribution in [3.8, 4) is 0 Å².